The molecule has 6 atom stereocenters. The molecule has 4 heterocycles. The fourth-order valence-corrected chi connectivity index (χ4v) is 11.7. The Kier molecular flexibility index (Phi) is 39.5. The smallest absolute Gasteiger partial charge is 0.303 e. The summed E-state index contributed by atoms with van der Waals surface area (Å²) in [6.45, 7) is 42.8. The van der Waals surface area contributed by atoms with Crippen molar-refractivity contribution in [2.24, 2.45) is 58.7 Å². The number of carbonyl (C=O) groups excluding carboxylic acids is 2. The van der Waals surface area contributed by atoms with Crippen LogP contribution in [0.25, 0.3) is 0 Å². The molecule has 0 aromatic rings. The molecule has 4 saturated heterocycles. The number of aliphatic hydroxyl groups is 2. The molecule has 11 nitrogen and oxygen atoms in total. The van der Waals surface area contributed by atoms with Gasteiger partial charge in [-0.2, -0.15) is 0 Å². The number of nitrogens with one attached hydrogen (secondary N) is 2. The molecule has 0 radical (unpaired) electrons. The lowest BCUT2D eigenvalue weighted by Gasteiger charge is -2.42. The molecule has 5 N–H and O–H groups in total. The van der Waals surface area contributed by atoms with E-state index in [9.17, 15) is 27.9 Å². The Bertz CT molecular complexity index is 1460. The summed E-state index contributed by atoms with van der Waals surface area (Å²) < 4.78 is 22.4. The number of Topliss-reactive ketones (excluding diaryl/α,β-unsaturated/α-hetero) is 1. The Morgan fingerprint density at radius 3 is 1.41 bits per heavy atom. The van der Waals surface area contributed by atoms with Gasteiger partial charge in [-0.3, -0.25) is 9.59 Å². The maximum atomic E-state index is 11.2. The molecule has 1 amide bonds. The van der Waals surface area contributed by atoms with Crippen LogP contribution in [-0.4, -0.2) is 107 Å². The Morgan fingerprint density at radius 2 is 1.26 bits per heavy atom. The van der Waals surface area contributed by atoms with Gasteiger partial charge in [0, 0.05) is 51.0 Å². The lowest BCUT2D eigenvalue weighted by atomic mass is 9.64. The highest BCUT2D eigenvalue weighted by atomic mass is 32.2. The van der Waals surface area contributed by atoms with Crippen LogP contribution >= 0.6 is 0 Å². The minimum absolute atomic E-state index is 0. The van der Waals surface area contributed by atoms with Gasteiger partial charge in [0.2, 0.25) is 5.91 Å². The van der Waals surface area contributed by atoms with Crippen LogP contribution < -0.4 is 10.6 Å². The lowest BCUT2D eigenvalue weighted by Crippen LogP contribution is -2.36. The zero-order valence-electron chi connectivity index (χ0n) is 48.3. The number of aliphatic carboxylic acids is 1. The molecule has 0 aromatic heterocycles. The average molecular weight is 1020 g/mol. The van der Waals surface area contributed by atoms with Crippen LogP contribution in [0.4, 0.5) is 0 Å². The molecule has 4 aliphatic heterocycles. The lowest BCUT2D eigenvalue weighted by molar-refractivity contribution is -0.137. The summed E-state index contributed by atoms with van der Waals surface area (Å²) in [6, 6.07) is 1.39. The summed E-state index contributed by atoms with van der Waals surface area (Å²) in [5, 5.41) is 33.0. The molecule has 6 aliphatic rings. The van der Waals surface area contributed by atoms with Crippen molar-refractivity contribution in [1.82, 2.24) is 15.5 Å². The van der Waals surface area contributed by atoms with Gasteiger partial charge >= 0.3 is 5.97 Å². The quantitative estimate of drug-likeness (QED) is 0.134. The van der Waals surface area contributed by atoms with Crippen molar-refractivity contribution in [2.45, 2.75) is 271 Å². The summed E-state index contributed by atoms with van der Waals surface area (Å²) in [6.07, 6.45) is 16.4. The molecular weight excluding hydrogens is 899 g/mol. The van der Waals surface area contributed by atoms with E-state index in [1.807, 2.05) is 46.4 Å². The Hall–Kier alpha value is -1.60. The number of β-amino-alcohol motifs (C(OH)–C–C–N with tert-alkyl or cyclic N) is 1. The topological polar surface area (TPSA) is 173 Å². The third kappa shape index (κ3) is 32.6. The second-order valence-electron chi connectivity index (χ2n) is 24.4. The number of carboxylic acid groups (broad SMARTS) is 1. The Labute approximate surface area is 434 Å². The molecule has 6 fully saturated rings. The maximum Gasteiger partial charge on any atom is 0.303 e. The van der Waals surface area contributed by atoms with Gasteiger partial charge < -0.3 is 35.6 Å². The van der Waals surface area contributed by atoms with Gasteiger partial charge in [0.1, 0.15) is 5.78 Å². The summed E-state index contributed by atoms with van der Waals surface area (Å²) in [5.41, 5.74) is 0.722. The normalized spacial score (nSPS) is 24.9. The zero-order valence-corrected chi connectivity index (χ0v) is 49.2. The predicted octanol–water partition coefficient (Wildman–Crippen LogP) is 12.6. The van der Waals surface area contributed by atoms with Gasteiger partial charge in [0.15, 0.2) is 9.84 Å². The van der Waals surface area contributed by atoms with Crippen molar-refractivity contribution >= 4 is 27.5 Å². The largest absolute Gasteiger partial charge is 0.481 e. The van der Waals surface area contributed by atoms with Crippen LogP contribution in [0.5, 0.6) is 0 Å². The van der Waals surface area contributed by atoms with Crippen LogP contribution in [0.2, 0.25) is 0 Å². The number of hydrogen-bond donors (Lipinski definition) is 5. The maximum absolute atomic E-state index is 11.2. The SMILES string of the molecule is C.CC(=O)CC(C)C.CC(=O)N1CCCC1C(C)C.CC(C)C1(C)CCC1.CC(C)C1CC(O)CN1.CC(C)C1CCC1.CC(C)C1CCCS1(=O)=O.CC(C)C1NCCC1O.CC(C)CCC(=O)O. The fraction of sp³-hybridized carbons (Fsp3) is 0.948. The summed E-state index contributed by atoms with van der Waals surface area (Å²) in [4.78, 5) is 33.2. The summed E-state index contributed by atoms with van der Waals surface area (Å²) in [7, 11) is -2.69. The van der Waals surface area contributed by atoms with Crippen molar-refractivity contribution in [2.75, 3.05) is 25.4 Å². The number of sulfone groups is 1. The van der Waals surface area contributed by atoms with E-state index in [0.29, 0.717) is 65.8 Å². The second kappa shape index (κ2) is 38.0. The van der Waals surface area contributed by atoms with E-state index < -0.39 is 15.8 Å². The molecule has 420 valence electrons. The fourth-order valence-electron chi connectivity index (χ4n) is 9.50. The predicted molar refractivity (Wildman–Crippen MR) is 299 cm³/mol. The van der Waals surface area contributed by atoms with E-state index in [0.717, 1.165) is 81.3 Å². The molecule has 0 aromatic carbocycles. The number of hydrogen-bond acceptors (Lipinski definition) is 9. The third-order valence-electron chi connectivity index (χ3n) is 15.1. The number of ketones is 1. The number of carboxylic acids is 1. The van der Waals surface area contributed by atoms with Crippen molar-refractivity contribution in [3.8, 4) is 0 Å². The van der Waals surface area contributed by atoms with Gasteiger partial charge in [-0.15, -0.1) is 0 Å². The first-order valence-electron chi connectivity index (χ1n) is 27.8. The highest BCUT2D eigenvalue weighted by Gasteiger charge is 2.35. The Balaban J connectivity index is -0.000000735. The van der Waals surface area contributed by atoms with Gasteiger partial charge in [0.05, 0.1) is 23.2 Å². The first kappa shape index (κ1) is 72.6. The van der Waals surface area contributed by atoms with Crippen molar-refractivity contribution in [3.63, 3.8) is 0 Å². The van der Waals surface area contributed by atoms with Crippen LogP contribution in [0.15, 0.2) is 0 Å². The van der Waals surface area contributed by atoms with Crippen LogP contribution in [-0.2, 0) is 24.2 Å². The van der Waals surface area contributed by atoms with Crippen molar-refractivity contribution < 1.29 is 38.1 Å². The molecule has 70 heavy (non-hydrogen) atoms. The van der Waals surface area contributed by atoms with E-state index >= 15 is 0 Å². The molecule has 12 heteroatoms. The number of amides is 1. The number of aliphatic hydroxyl groups excluding tert-OH is 2. The average Bonchev–Trinajstić information content (AvgIpc) is 4.01. The van der Waals surface area contributed by atoms with Crippen LogP contribution in [0.3, 0.4) is 0 Å². The van der Waals surface area contributed by atoms with Gasteiger partial charge in [-0.1, -0.05) is 151 Å². The molecule has 2 aliphatic carbocycles. The minimum atomic E-state index is -2.69. The van der Waals surface area contributed by atoms with Crippen LogP contribution in [0.1, 0.15) is 235 Å². The van der Waals surface area contributed by atoms with E-state index in [1.165, 1.54) is 51.4 Å². The molecule has 6 unspecified atom stereocenters. The third-order valence-corrected chi connectivity index (χ3v) is 17.7. The monoisotopic (exact) mass is 1020 g/mol. The van der Waals surface area contributed by atoms with Gasteiger partial charge in [0.25, 0.3) is 0 Å². The van der Waals surface area contributed by atoms with Gasteiger partial charge in [-0.25, -0.2) is 8.42 Å². The van der Waals surface area contributed by atoms with Crippen LogP contribution in [0, 0.1) is 58.7 Å². The zero-order chi connectivity index (χ0) is 53.8. The molecular formula is C58H119N3O8S. The number of likely N-dealkylation sites (tertiary alicyclic amines) is 1. The highest BCUT2D eigenvalue weighted by Crippen LogP contribution is 2.46. The minimum Gasteiger partial charge on any atom is -0.481 e. The van der Waals surface area contributed by atoms with E-state index in [4.69, 9.17) is 10.2 Å². The first-order chi connectivity index (χ1) is 31.8. The summed E-state index contributed by atoms with van der Waals surface area (Å²) >= 11 is 0. The molecule has 0 spiro atoms. The van der Waals surface area contributed by atoms with E-state index in [1.54, 1.807) is 13.8 Å². The number of rotatable bonds is 11. The molecule has 2 saturated carbocycles. The van der Waals surface area contributed by atoms with E-state index in [2.05, 4.69) is 86.8 Å². The second-order valence-corrected chi connectivity index (χ2v) is 26.7. The first-order valence-corrected chi connectivity index (χ1v) is 29.5. The van der Waals surface area contributed by atoms with Gasteiger partial charge in [-0.05, 0) is 130 Å². The standard InChI is InChI=1S/C9H17NO.C8H16.2C7H15NO.C7H14O2S.C7H14.C6H12O2.C6H12O.CH4/c1-7(2)9-5-4-6-10(9)8(3)11;1-7(2)8(3)5-4-6-8;1-5(2)7-3-6(9)4-8-7;1-5(2)7-6(9)3-4-8-7;1-6(2)7-4-3-5-10(7,8)9;1-6(2)7-4-3-5-7;1-5(2)3-4-6(7)8;1-5(2)4-6(3)7;/h7,9H,4-6H2,1-3H3;7H,4-6H2,1-3H3;2*5-9H,3-4H2,1-2H3;6-7H,3-5H2,1-2H3;6-7H,3-5H2,1-2H3;5H,3-4H2,1-2H3,(H,7,8);5H,4H2,1-3H3;1H4. The number of nitrogens with zero attached hydrogens (tertiary/aromatic N) is 1. The Morgan fingerprint density at radius 1 is 0.686 bits per heavy atom. The van der Waals surface area contributed by atoms with E-state index in [-0.39, 0.29) is 36.6 Å². The molecule has 6 rings (SSSR count). The number of carbonyl (C=O) groups is 3. The molecule has 0 bridgehead atoms. The summed E-state index contributed by atoms with van der Waals surface area (Å²) in [5.74, 6) is 6.33. The highest BCUT2D eigenvalue weighted by molar-refractivity contribution is 7.92. The van der Waals surface area contributed by atoms with Crippen molar-refractivity contribution in [3.05, 3.63) is 0 Å². The van der Waals surface area contributed by atoms with Crippen molar-refractivity contribution in [1.29, 1.82) is 0 Å².